The van der Waals surface area contributed by atoms with Crippen molar-refractivity contribution < 1.29 is 14.3 Å². The second-order valence-electron chi connectivity index (χ2n) is 7.55. The van der Waals surface area contributed by atoms with Crippen molar-refractivity contribution >= 4 is 44.8 Å². The molecule has 0 aliphatic heterocycles. The Labute approximate surface area is 200 Å². The molecule has 33 heavy (non-hydrogen) atoms. The van der Waals surface area contributed by atoms with Gasteiger partial charge in [-0.1, -0.05) is 76.1 Å². The number of nitrogens with one attached hydrogen (secondary N) is 1. The summed E-state index contributed by atoms with van der Waals surface area (Å²) < 4.78 is 6.37. The van der Waals surface area contributed by atoms with Crippen LogP contribution in [-0.2, 0) is 11.2 Å². The highest BCUT2D eigenvalue weighted by molar-refractivity contribution is 9.10. The molecule has 0 radical (unpaired) electrons. The van der Waals surface area contributed by atoms with Crippen molar-refractivity contribution in [3.05, 3.63) is 112 Å². The normalized spacial score (nSPS) is 11.0. The van der Waals surface area contributed by atoms with E-state index in [1.165, 1.54) is 6.21 Å². The molecule has 6 heteroatoms. The Morgan fingerprint density at radius 2 is 1.76 bits per heavy atom. The second kappa shape index (κ2) is 10.2. The van der Waals surface area contributed by atoms with E-state index in [2.05, 4.69) is 26.5 Å². The fraction of sp³-hybridized carbons (Fsp3) is 0.0741. The minimum atomic E-state index is -0.462. The second-order valence-corrected chi connectivity index (χ2v) is 8.47. The maximum Gasteiger partial charge on any atom is 0.343 e. The van der Waals surface area contributed by atoms with E-state index in [0.29, 0.717) is 16.9 Å². The molecule has 0 aliphatic carbocycles. The predicted octanol–water partition coefficient (Wildman–Crippen LogP) is 5.82. The highest BCUT2D eigenvalue weighted by atomic mass is 79.9. The zero-order valence-corrected chi connectivity index (χ0v) is 19.5. The molecule has 5 nitrogen and oxygen atoms in total. The van der Waals surface area contributed by atoms with Gasteiger partial charge in [-0.3, -0.25) is 4.79 Å². The van der Waals surface area contributed by atoms with Crippen LogP contribution in [-0.4, -0.2) is 18.1 Å². The van der Waals surface area contributed by atoms with Crippen LogP contribution in [0.15, 0.2) is 94.5 Å². The highest BCUT2D eigenvalue weighted by Gasteiger charge is 2.12. The summed E-state index contributed by atoms with van der Waals surface area (Å²) >= 11 is 3.42. The number of esters is 1. The maximum absolute atomic E-state index is 12.5. The highest BCUT2D eigenvalue weighted by Crippen LogP contribution is 2.23. The lowest BCUT2D eigenvalue weighted by Gasteiger charge is -2.09. The van der Waals surface area contributed by atoms with E-state index in [-0.39, 0.29) is 12.3 Å². The van der Waals surface area contributed by atoms with Crippen molar-refractivity contribution in [3.8, 4) is 5.75 Å². The summed E-state index contributed by atoms with van der Waals surface area (Å²) in [7, 11) is 0. The minimum absolute atomic E-state index is 0.201. The Balaban J connectivity index is 1.46. The number of benzene rings is 4. The van der Waals surface area contributed by atoms with Crippen molar-refractivity contribution in [2.24, 2.45) is 5.10 Å². The molecule has 0 fully saturated rings. The Hall–Kier alpha value is -3.77. The molecule has 1 amide bonds. The molecule has 4 aromatic rings. The number of fused-ring (bicyclic) bond motifs is 1. The first-order valence-corrected chi connectivity index (χ1v) is 11.2. The number of hydrogen-bond donors (Lipinski definition) is 1. The molecular weight excluding hydrogens is 480 g/mol. The van der Waals surface area contributed by atoms with Crippen LogP contribution in [0.2, 0.25) is 0 Å². The van der Waals surface area contributed by atoms with E-state index in [1.54, 1.807) is 36.4 Å². The van der Waals surface area contributed by atoms with Crippen LogP contribution in [0.5, 0.6) is 5.75 Å². The molecular formula is C27H21BrN2O3. The van der Waals surface area contributed by atoms with Crippen LogP contribution in [0.1, 0.15) is 27.0 Å². The molecule has 1 N–H and O–H groups in total. The average Bonchev–Trinajstić information content (AvgIpc) is 2.81. The van der Waals surface area contributed by atoms with Gasteiger partial charge in [0, 0.05) is 10.0 Å². The fourth-order valence-electron chi connectivity index (χ4n) is 3.48. The Kier molecular flexibility index (Phi) is 6.95. The van der Waals surface area contributed by atoms with Crippen LogP contribution in [0.3, 0.4) is 0 Å². The fourth-order valence-corrected chi connectivity index (χ4v) is 3.86. The van der Waals surface area contributed by atoms with Crippen molar-refractivity contribution in [2.45, 2.75) is 13.3 Å². The standard InChI is InChI=1S/C27H21BrN2O3/c1-18-6-4-10-21(14-18)27(32)33-25-13-12-23(28)15-22(25)17-29-30-26(31)16-20-9-5-8-19-7-2-3-11-24(19)20/h2-15,17H,16H2,1H3,(H,30,31). The van der Waals surface area contributed by atoms with E-state index in [0.717, 1.165) is 26.4 Å². The molecule has 0 spiro atoms. The lowest BCUT2D eigenvalue weighted by atomic mass is 10.0. The Morgan fingerprint density at radius 1 is 0.970 bits per heavy atom. The van der Waals surface area contributed by atoms with E-state index < -0.39 is 5.97 Å². The number of ether oxygens (including phenoxy) is 1. The summed E-state index contributed by atoms with van der Waals surface area (Å²) in [6.07, 6.45) is 1.66. The van der Waals surface area contributed by atoms with Gasteiger partial charge in [0.25, 0.3) is 0 Å². The van der Waals surface area contributed by atoms with Gasteiger partial charge < -0.3 is 4.74 Å². The number of aryl methyl sites for hydroxylation is 1. The summed E-state index contributed by atoms with van der Waals surface area (Å²) in [6.45, 7) is 1.91. The number of carbonyl (C=O) groups is 2. The first kappa shape index (κ1) is 22.4. The molecule has 0 aliphatic rings. The van der Waals surface area contributed by atoms with Gasteiger partial charge in [0.05, 0.1) is 18.2 Å². The number of amides is 1. The number of hydrazone groups is 1. The molecule has 0 aromatic heterocycles. The van der Waals surface area contributed by atoms with Crippen LogP contribution in [0.4, 0.5) is 0 Å². The molecule has 0 atom stereocenters. The summed E-state index contributed by atoms with van der Waals surface area (Å²) in [5, 5.41) is 6.20. The van der Waals surface area contributed by atoms with Gasteiger partial charge in [-0.15, -0.1) is 0 Å². The molecule has 0 saturated heterocycles. The average molecular weight is 501 g/mol. The smallest absolute Gasteiger partial charge is 0.343 e. The molecule has 0 heterocycles. The minimum Gasteiger partial charge on any atom is -0.422 e. The van der Waals surface area contributed by atoms with Gasteiger partial charge in [0.2, 0.25) is 5.91 Å². The third-order valence-electron chi connectivity index (χ3n) is 5.05. The van der Waals surface area contributed by atoms with E-state index >= 15 is 0 Å². The first-order valence-electron chi connectivity index (χ1n) is 10.4. The Morgan fingerprint density at radius 3 is 2.61 bits per heavy atom. The third kappa shape index (κ3) is 5.73. The quantitative estimate of drug-likeness (QED) is 0.157. The number of nitrogens with zero attached hydrogens (tertiary/aromatic N) is 1. The first-order chi connectivity index (χ1) is 16.0. The van der Waals surface area contributed by atoms with Crippen LogP contribution in [0.25, 0.3) is 10.8 Å². The van der Waals surface area contributed by atoms with Gasteiger partial charge >= 0.3 is 5.97 Å². The van der Waals surface area contributed by atoms with E-state index in [9.17, 15) is 9.59 Å². The number of hydrogen-bond acceptors (Lipinski definition) is 4. The molecule has 0 unspecified atom stereocenters. The van der Waals surface area contributed by atoms with E-state index in [4.69, 9.17) is 4.74 Å². The van der Waals surface area contributed by atoms with Crippen LogP contribution in [0, 0.1) is 6.92 Å². The van der Waals surface area contributed by atoms with Gasteiger partial charge in [-0.05, 0) is 53.6 Å². The van der Waals surface area contributed by atoms with Gasteiger partial charge in [0.15, 0.2) is 0 Å². The Bertz CT molecular complexity index is 1360. The molecule has 164 valence electrons. The summed E-state index contributed by atoms with van der Waals surface area (Å²) in [5.41, 5.74) is 5.47. The third-order valence-corrected chi connectivity index (χ3v) is 5.55. The number of halogens is 1. The zero-order chi connectivity index (χ0) is 23.2. The molecule has 0 saturated carbocycles. The summed E-state index contributed by atoms with van der Waals surface area (Å²) in [5.74, 6) is -0.358. The van der Waals surface area contributed by atoms with Crippen LogP contribution >= 0.6 is 15.9 Å². The SMILES string of the molecule is Cc1cccc(C(=O)Oc2ccc(Br)cc2C=NNC(=O)Cc2cccc3ccccc23)c1. The number of carbonyl (C=O) groups excluding carboxylic acids is 2. The van der Waals surface area contributed by atoms with Gasteiger partial charge in [-0.2, -0.15) is 5.10 Å². The summed E-state index contributed by atoms with van der Waals surface area (Å²) in [6, 6.07) is 26.2. The van der Waals surface area contributed by atoms with Crippen molar-refractivity contribution in [1.82, 2.24) is 5.43 Å². The van der Waals surface area contributed by atoms with Crippen molar-refractivity contribution in [3.63, 3.8) is 0 Å². The zero-order valence-electron chi connectivity index (χ0n) is 17.9. The monoisotopic (exact) mass is 500 g/mol. The molecule has 0 bridgehead atoms. The predicted molar refractivity (Wildman–Crippen MR) is 134 cm³/mol. The van der Waals surface area contributed by atoms with Crippen LogP contribution < -0.4 is 10.2 Å². The van der Waals surface area contributed by atoms with Gasteiger partial charge in [0.1, 0.15) is 5.75 Å². The van der Waals surface area contributed by atoms with E-state index in [1.807, 2.05) is 55.5 Å². The van der Waals surface area contributed by atoms with Gasteiger partial charge in [-0.25, -0.2) is 10.2 Å². The van der Waals surface area contributed by atoms with Crippen molar-refractivity contribution in [2.75, 3.05) is 0 Å². The molecule has 4 aromatic carbocycles. The largest absolute Gasteiger partial charge is 0.422 e. The topological polar surface area (TPSA) is 67.8 Å². The van der Waals surface area contributed by atoms with Crippen molar-refractivity contribution in [1.29, 1.82) is 0 Å². The molecule has 4 rings (SSSR count). The number of rotatable bonds is 6. The lowest BCUT2D eigenvalue weighted by molar-refractivity contribution is -0.120. The summed E-state index contributed by atoms with van der Waals surface area (Å²) in [4.78, 5) is 25.0. The lowest BCUT2D eigenvalue weighted by Crippen LogP contribution is -2.20. The maximum atomic E-state index is 12.5.